The average Bonchev–Trinajstić information content (AvgIpc) is 2.91. The Kier molecular flexibility index (Phi) is 4.42. The zero-order valence-corrected chi connectivity index (χ0v) is 14.1. The van der Waals surface area contributed by atoms with E-state index in [1.165, 1.54) is 5.56 Å². The number of fused-ring (bicyclic) bond motifs is 1. The lowest BCUT2D eigenvalue weighted by Crippen LogP contribution is -2.20. The first-order chi connectivity index (χ1) is 11.6. The number of amides is 1. The highest BCUT2D eigenvalue weighted by molar-refractivity contribution is 5.82. The van der Waals surface area contributed by atoms with Crippen LogP contribution in [0.2, 0.25) is 0 Å². The molecule has 0 spiro atoms. The van der Waals surface area contributed by atoms with Crippen LogP contribution in [0, 0.1) is 13.8 Å². The number of rotatable bonds is 4. The van der Waals surface area contributed by atoms with Crippen LogP contribution in [0.5, 0.6) is 0 Å². The number of carbonyl (C=O) groups excluding carboxylic acids is 1. The van der Waals surface area contributed by atoms with Gasteiger partial charge in [-0.2, -0.15) is 5.10 Å². The lowest BCUT2D eigenvalue weighted by Gasteiger charge is -2.06. The van der Waals surface area contributed by atoms with E-state index in [0.29, 0.717) is 0 Å². The van der Waals surface area contributed by atoms with Gasteiger partial charge in [-0.15, -0.1) is 0 Å². The molecule has 0 aliphatic carbocycles. The van der Waals surface area contributed by atoms with Gasteiger partial charge in [0.1, 0.15) is 5.65 Å². The third-order valence-corrected chi connectivity index (χ3v) is 3.84. The third kappa shape index (κ3) is 3.20. The molecule has 1 aromatic carbocycles. The number of hydrogen-bond acceptors (Lipinski definition) is 3. The summed E-state index contributed by atoms with van der Waals surface area (Å²) in [5.74, 6) is -0.162. The van der Waals surface area contributed by atoms with Crippen molar-refractivity contribution in [3.63, 3.8) is 0 Å². The van der Waals surface area contributed by atoms with Crippen molar-refractivity contribution in [3.05, 3.63) is 59.4 Å². The van der Waals surface area contributed by atoms with Crippen molar-refractivity contribution in [1.82, 2.24) is 14.8 Å². The Labute approximate surface area is 141 Å². The average molecular weight is 320 g/mol. The molecule has 0 aliphatic heterocycles. The van der Waals surface area contributed by atoms with Crippen LogP contribution in [0.1, 0.15) is 23.7 Å². The Morgan fingerprint density at radius 1 is 1.17 bits per heavy atom. The fourth-order valence-corrected chi connectivity index (χ4v) is 2.64. The molecule has 0 aliphatic rings. The summed E-state index contributed by atoms with van der Waals surface area (Å²) in [6, 6.07) is 12.2. The summed E-state index contributed by atoms with van der Waals surface area (Å²) in [6.07, 6.45) is 3.77. The van der Waals surface area contributed by atoms with Gasteiger partial charge in [0.2, 0.25) is 5.91 Å². The van der Waals surface area contributed by atoms with E-state index < -0.39 is 0 Å². The molecule has 5 heteroatoms. The summed E-state index contributed by atoms with van der Waals surface area (Å²) in [6.45, 7) is 5.83. The highest BCUT2D eigenvalue weighted by Crippen LogP contribution is 2.25. The molecule has 2 heterocycles. The molecule has 3 rings (SSSR count). The number of aromatic nitrogens is 2. The Morgan fingerprint density at radius 2 is 1.88 bits per heavy atom. The van der Waals surface area contributed by atoms with E-state index in [4.69, 9.17) is 4.98 Å². The van der Waals surface area contributed by atoms with E-state index in [9.17, 15) is 4.79 Å². The molecule has 122 valence electrons. The normalized spacial score (nSPS) is 11.3. The first-order valence-corrected chi connectivity index (χ1v) is 7.89. The monoisotopic (exact) mass is 320 g/mol. The van der Waals surface area contributed by atoms with Crippen molar-refractivity contribution in [2.75, 3.05) is 0 Å². The van der Waals surface area contributed by atoms with Crippen LogP contribution in [0.4, 0.5) is 0 Å². The van der Waals surface area contributed by atoms with E-state index in [2.05, 4.69) is 22.7 Å². The molecule has 1 N–H and O–H groups in total. The quantitative estimate of drug-likeness (QED) is 0.592. The number of benzene rings is 1. The summed E-state index contributed by atoms with van der Waals surface area (Å²) in [5.41, 5.74) is 8.36. The maximum absolute atomic E-state index is 12.2. The molecule has 1 amide bonds. The minimum atomic E-state index is -0.162. The van der Waals surface area contributed by atoms with Crippen LogP contribution in [0.15, 0.2) is 47.7 Å². The van der Waals surface area contributed by atoms with Gasteiger partial charge in [-0.1, -0.05) is 35.9 Å². The Bertz CT molecular complexity index is 907. The van der Waals surface area contributed by atoms with Crippen molar-refractivity contribution >= 4 is 17.8 Å². The largest absolute Gasteiger partial charge is 0.303 e. The number of aryl methyl sites for hydroxylation is 2. The number of hydrogen-bond donors (Lipinski definition) is 1. The number of nitrogens with zero attached hydrogens (tertiary/aromatic N) is 3. The second-order valence-electron chi connectivity index (χ2n) is 5.81. The predicted molar refractivity (Wildman–Crippen MR) is 96.1 cm³/mol. The van der Waals surface area contributed by atoms with Crippen LogP contribution in [0.25, 0.3) is 16.9 Å². The van der Waals surface area contributed by atoms with Gasteiger partial charge in [0.05, 0.1) is 17.8 Å². The van der Waals surface area contributed by atoms with Gasteiger partial charge in [-0.05, 0) is 32.4 Å². The van der Waals surface area contributed by atoms with Crippen LogP contribution in [-0.4, -0.2) is 21.5 Å². The molecule has 2 aromatic heterocycles. The molecule has 3 aromatic rings. The van der Waals surface area contributed by atoms with Gasteiger partial charge < -0.3 is 4.40 Å². The molecular weight excluding hydrogens is 300 g/mol. The molecular formula is C19H20N4O. The number of nitrogens with one attached hydrogen (secondary N) is 1. The first kappa shape index (κ1) is 15.9. The van der Waals surface area contributed by atoms with E-state index in [0.717, 1.165) is 28.2 Å². The molecule has 0 atom stereocenters. The SMILES string of the molecule is CC=NNC(=O)Cc1c(-c2ccc(C)cc2)nc2ccc(C)cn12. The minimum absolute atomic E-state index is 0.162. The summed E-state index contributed by atoms with van der Waals surface area (Å²) in [7, 11) is 0. The van der Waals surface area contributed by atoms with Gasteiger partial charge in [0.15, 0.2) is 0 Å². The zero-order valence-electron chi connectivity index (χ0n) is 14.1. The van der Waals surface area contributed by atoms with Gasteiger partial charge in [0.25, 0.3) is 0 Å². The molecule has 5 nitrogen and oxygen atoms in total. The number of imidazole rings is 1. The van der Waals surface area contributed by atoms with E-state index in [1.54, 1.807) is 13.1 Å². The molecule has 0 fully saturated rings. The van der Waals surface area contributed by atoms with Crippen molar-refractivity contribution in [2.45, 2.75) is 27.2 Å². The number of pyridine rings is 1. The van der Waals surface area contributed by atoms with Gasteiger partial charge >= 0.3 is 0 Å². The maximum Gasteiger partial charge on any atom is 0.246 e. The minimum Gasteiger partial charge on any atom is -0.303 e. The Hall–Kier alpha value is -2.95. The summed E-state index contributed by atoms with van der Waals surface area (Å²) in [4.78, 5) is 16.9. The van der Waals surface area contributed by atoms with Crippen molar-refractivity contribution in [3.8, 4) is 11.3 Å². The summed E-state index contributed by atoms with van der Waals surface area (Å²) in [5, 5.41) is 3.81. The van der Waals surface area contributed by atoms with Crippen molar-refractivity contribution in [1.29, 1.82) is 0 Å². The fourth-order valence-electron chi connectivity index (χ4n) is 2.64. The Balaban J connectivity index is 2.11. The number of hydrazone groups is 1. The first-order valence-electron chi connectivity index (χ1n) is 7.89. The highest BCUT2D eigenvalue weighted by atomic mass is 16.2. The second kappa shape index (κ2) is 6.66. The molecule has 0 bridgehead atoms. The van der Waals surface area contributed by atoms with Crippen LogP contribution < -0.4 is 5.43 Å². The fraction of sp³-hybridized carbons (Fsp3) is 0.211. The van der Waals surface area contributed by atoms with E-state index >= 15 is 0 Å². The molecule has 24 heavy (non-hydrogen) atoms. The van der Waals surface area contributed by atoms with Crippen LogP contribution in [-0.2, 0) is 11.2 Å². The van der Waals surface area contributed by atoms with Crippen LogP contribution >= 0.6 is 0 Å². The zero-order chi connectivity index (χ0) is 17.1. The lowest BCUT2D eigenvalue weighted by atomic mass is 10.1. The van der Waals surface area contributed by atoms with Gasteiger partial charge in [0, 0.05) is 18.0 Å². The third-order valence-electron chi connectivity index (χ3n) is 3.84. The summed E-state index contributed by atoms with van der Waals surface area (Å²) >= 11 is 0. The molecule has 0 unspecified atom stereocenters. The Morgan fingerprint density at radius 3 is 2.58 bits per heavy atom. The topological polar surface area (TPSA) is 58.8 Å². The standard InChI is InChI=1S/C19H20N4O/c1-4-20-22-18(24)11-16-19(15-8-5-13(2)6-9-15)21-17-10-7-14(3)12-23(16)17/h4-10,12H,11H2,1-3H3,(H,22,24). The lowest BCUT2D eigenvalue weighted by molar-refractivity contribution is -0.120. The smallest absolute Gasteiger partial charge is 0.246 e. The van der Waals surface area contributed by atoms with Crippen molar-refractivity contribution < 1.29 is 4.79 Å². The maximum atomic E-state index is 12.2. The molecule has 0 saturated carbocycles. The predicted octanol–water partition coefficient (Wildman–Crippen LogP) is 3.28. The molecule has 0 radical (unpaired) electrons. The van der Waals surface area contributed by atoms with Crippen LogP contribution in [0.3, 0.4) is 0 Å². The van der Waals surface area contributed by atoms with E-state index in [1.807, 2.05) is 48.7 Å². The van der Waals surface area contributed by atoms with E-state index in [-0.39, 0.29) is 12.3 Å². The van der Waals surface area contributed by atoms with Gasteiger partial charge in [-0.3, -0.25) is 4.79 Å². The number of carbonyl (C=O) groups is 1. The molecule has 0 saturated heterocycles. The summed E-state index contributed by atoms with van der Waals surface area (Å²) < 4.78 is 1.99. The van der Waals surface area contributed by atoms with Crippen molar-refractivity contribution in [2.24, 2.45) is 5.10 Å². The second-order valence-corrected chi connectivity index (χ2v) is 5.81. The highest BCUT2D eigenvalue weighted by Gasteiger charge is 2.17. The van der Waals surface area contributed by atoms with Gasteiger partial charge in [-0.25, -0.2) is 10.4 Å².